The standard InChI is InChI=1S/C21H18ClFN2O4S/c1-13-5-3-4-6-16(13)21(26)24-19-12-15(8-10-20(19)29-2)30(27,28)25-14-7-9-18(23)17(22)11-14/h3-12,25H,1-2H3,(H,24,26). The fourth-order valence-corrected chi connectivity index (χ4v) is 4.00. The van der Waals surface area contributed by atoms with Crippen LogP contribution in [0.3, 0.4) is 0 Å². The summed E-state index contributed by atoms with van der Waals surface area (Å²) in [5, 5.41) is 2.47. The van der Waals surface area contributed by atoms with E-state index in [1.54, 1.807) is 25.1 Å². The molecule has 0 radical (unpaired) electrons. The monoisotopic (exact) mass is 448 g/mol. The lowest BCUT2D eigenvalue weighted by Crippen LogP contribution is -2.16. The Morgan fingerprint density at radius 3 is 2.47 bits per heavy atom. The first kappa shape index (κ1) is 21.6. The quantitative estimate of drug-likeness (QED) is 0.564. The van der Waals surface area contributed by atoms with E-state index in [9.17, 15) is 17.6 Å². The van der Waals surface area contributed by atoms with Crippen molar-refractivity contribution in [2.24, 2.45) is 0 Å². The number of sulfonamides is 1. The first-order chi connectivity index (χ1) is 14.2. The van der Waals surface area contributed by atoms with E-state index in [0.717, 1.165) is 11.6 Å². The molecule has 30 heavy (non-hydrogen) atoms. The Bertz CT molecular complexity index is 1220. The third-order valence-electron chi connectivity index (χ3n) is 4.29. The molecule has 0 bridgehead atoms. The summed E-state index contributed by atoms with van der Waals surface area (Å²) in [5.41, 5.74) is 1.51. The molecular weight excluding hydrogens is 431 g/mol. The van der Waals surface area contributed by atoms with Gasteiger partial charge >= 0.3 is 0 Å². The summed E-state index contributed by atoms with van der Waals surface area (Å²) in [7, 11) is -2.63. The molecule has 0 aliphatic heterocycles. The van der Waals surface area contributed by atoms with Gasteiger partial charge in [-0.1, -0.05) is 29.8 Å². The van der Waals surface area contributed by atoms with Crippen LogP contribution in [0, 0.1) is 12.7 Å². The lowest BCUT2D eigenvalue weighted by Gasteiger charge is -2.14. The SMILES string of the molecule is COc1ccc(S(=O)(=O)Nc2ccc(F)c(Cl)c2)cc1NC(=O)c1ccccc1C. The van der Waals surface area contributed by atoms with Crippen molar-refractivity contribution in [1.29, 1.82) is 0 Å². The molecule has 9 heteroatoms. The second-order valence-electron chi connectivity index (χ2n) is 6.37. The van der Waals surface area contributed by atoms with Crippen molar-refractivity contribution in [3.8, 4) is 5.75 Å². The van der Waals surface area contributed by atoms with Gasteiger partial charge in [0, 0.05) is 5.56 Å². The molecule has 156 valence electrons. The molecule has 0 saturated carbocycles. The normalized spacial score (nSPS) is 11.1. The van der Waals surface area contributed by atoms with Crippen LogP contribution in [0.15, 0.2) is 65.6 Å². The Morgan fingerprint density at radius 1 is 1.07 bits per heavy atom. The largest absolute Gasteiger partial charge is 0.495 e. The van der Waals surface area contributed by atoms with Gasteiger partial charge in [-0.2, -0.15) is 0 Å². The number of ether oxygens (including phenoxy) is 1. The molecule has 0 aromatic heterocycles. The van der Waals surface area contributed by atoms with E-state index in [0.29, 0.717) is 11.3 Å². The zero-order valence-electron chi connectivity index (χ0n) is 16.1. The summed E-state index contributed by atoms with van der Waals surface area (Å²) in [6.45, 7) is 1.80. The maximum absolute atomic E-state index is 13.3. The van der Waals surface area contributed by atoms with E-state index in [1.807, 2.05) is 6.07 Å². The highest BCUT2D eigenvalue weighted by molar-refractivity contribution is 7.92. The minimum absolute atomic E-state index is 0.0997. The highest BCUT2D eigenvalue weighted by Crippen LogP contribution is 2.30. The highest BCUT2D eigenvalue weighted by atomic mass is 35.5. The summed E-state index contributed by atoms with van der Waals surface area (Å²) >= 11 is 5.71. The lowest BCUT2D eigenvalue weighted by molar-refractivity contribution is 0.102. The Kier molecular flexibility index (Phi) is 6.28. The number of hydrogen-bond acceptors (Lipinski definition) is 4. The van der Waals surface area contributed by atoms with Crippen molar-refractivity contribution in [2.45, 2.75) is 11.8 Å². The predicted octanol–water partition coefficient (Wildman–Crippen LogP) is 4.85. The smallest absolute Gasteiger partial charge is 0.261 e. The number of nitrogens with one attached hydrogen (secondary N) is 2. The van der Waals surface area contributed by atoms with E-state index < -0.39 is 21.7 Å². The van der Waals surface area contributed by atoms with Gasteiger partial charge in [0.15, 0.2) is 0 Å². The maximum Gasteiger partial charge on any atom is 0.261 e. The second kappa shape index (κ2) is 8.73. The molecule has 0 aliphatic carbocycles. The van der Waals surface area contributed by atoms with Crippen molar-refractivity contribution in [3.05, 3.63) is 82.6 Å². The van der Waals surface area contributed by atoms with Crippen LogP contribution in [0.4, 0.5) is 15.8 Å². The third-order valence-corrected chi connectivity index (χ3v) is 5.96. The zero-order valence-corrected chi connectivity index (χ0v) is 17.6. The average Bonchev–Trinajstić information content (AvgIpc) is 2.70. The molecule has 0 fully saturated rings. The van der Waals surface area contributed by atoms with Crippen LogP contribution in [-0.4, -0.2) is 21.4 Å². The number of rotatable bonds is 6. The van der Waals surface area contributed by atoms with Gasteiger partial charge < -0.3 is 10.1 Å². The van der Waals surface area contributed by atoms with Crippen LogP contribution < -0.4 is 14.8 Å². The lowest BCUT2D eigenvalue weighted by atomic mass is 10.1. The van der Waals surface area contributed by atoms with Crippen molar-refractivity contribution in [3.63, 3.8) is 0 Å². The molecule has 3 aromatic carbocycles. The fourth-order valence-electron chi connectivity index (χ4n) is 2.74. The Hall–Kier alpha value is -3.10. The molecule has 0 unspecified atom stereocenters. The van der Waals surface area contributed by atoms with Crippen LogP contribution in [0.2, 0.25) is 5.02 Å². The molecule has 3 aromatic rings. The Labute approximate surface area is 178 Å². The molecule has 0 heterocycles. The van der Waals surface area contributed by atoms with Crippen molar-refractivity contribution >= 4 is 38.9 Å². The summed E-state index contributed by atoms with van der Waals surface area (Å²) in [5.74, 6) is -0.773. The number of amides is 1. The number of halogens is 2. The summed E-state index contributed by atoms with van der Waals surface area (Å²) in [6, 6.07) is 14.5. The minimum atomic E-state index is -4.04. The van der Waals surface area contributed by atoms with Crippen molar-refractivity contribution in [1.82, 2.24) is 0 Å². The van der Waals surface area contributed by atoms with Gasteiger partial charge in [-0.3, -0.25) is 9.52 Å². The van der Waals surface area contributed by atoms with E-state index in [-0.39, 0.29) is 21.3 Å². The fraction of sp³-hybridized carbons (Fsp3) is 0.0952. The van der Waals surface area contributed by atoms with Crippen LogP contribution >= 0.6 is 11.6 Å². The number of hydrogen-bond donors (Lipinski definition) is 2. The Morgan fingerprint density at radius 2 is 1.80 bits per heavy atom. The number of benzene rings is 3. The molecular formula is C21H18ClFN2O4S. The highest BCUT2D eigenvalue weighted by Gasteiger charge is 2.19. The van der Waals surface area contributed by atoms with Crippen LogP contribution in [0.1, 0.15) is 15.9 Å². The molecule has 0 aliphatic rings. The van der Waals surface area contributed by atoms with Gasteiger partial charge in [0.1, 0.15) is 11.6 Å². The predicted molar refractivity (Wildman–Crippen MR) is 114 cm³/mol. The first-order valence-electron chi connectivity index (χ1n) is 8.74. The number of methoxy groups -OCH3 is 1. The first-order valence-corrected chi connectivity index (χ1v) is 10.6. The maximum atomic E-state index is 13.3. The molecule has 0 saturated heterocycles. The number of aryl methyl sites for hydroxylation is 1. The van der Waals surface area contributed by atoms with E-state index in [1.165, 1.54) is 37.4 Å². The molecule has 6 nitrogen and oxygen atoms in total. The third kappa shape index (κ3) is 4.72. The van der Waals surface area contributed by atoms with Gasteiger partial charge in [0.2, 0.25) is 0 Å². The van der Waals surface area contributed by atoms with E-state index >= 15 is 0 Å². The van der Waals surface area contributed by atoms with Gasteiger partial charge in [-0.25, -0.2) is 12.8 Å². The number of carbonyl (C=O) groups excluding carboxylic acids is 1. The summed E-state index contributed by atoms with van der Waals surface area (Å²) < 4.78 is 46.4. The molecule has 2 N–H and O–H groups in total. The number of anilines is 2. The van der Waals surface area contributed by atoms with Gasteiger partial charge in [0.05, 0.1) is 28.4 Å². The molecule has 0 spiro atoms. The van der Waals surface area contributed by atoms with Crippen molar-refractivity contribution < 1.29 is 22.3 Å². The Balaban J connectivity index is 1.92. The van der Waals surface area contributed by atoms with Crippen LogP contribution in [0.25, 0.3) is 0 Å². The number of carbonyl (C=O) groups is 1. The topological polar surface area (TPSA) is 84.5 Å². The summed E-state index contributed by atoms with van der Waals surface area (Å²) in [6.07, 6.45) is 0. The van der Waals surface area contributed by atoms with Crippen molar-refractivity contribution in [2.75, 3.05) is 17.1 Å². The van der Waals surface area contributed by atoms with Gasteiger partial charge in [-0.05, 0) is 55.0 Å². The molecule has 3 rings (SSSR count). The summed E-state index contributed by atoms with van der Waals surface area (Å²) in [4.78, 5) is 12.5. The van der Waals surface area contributed by atoms with Gasteiger partial charge in [0.25, 0.3) is 15.9 Å². The second-order valence-corrected chi connectivity index (χ2v) is 8.46. The van der Waals surface area contributed by atoms with Gasteiger partial charge in [-0.15, -0.1) is 0 Å². The van der Waals surface area contributed by atoms with Crippen LogP contribution in [0.5, 0.6) is 5.75 Å². The van der Waals surface area contributed by atoms with Crippen LogP contribution in [-0.2, 0) is 10.0 Å². The molecule has 1 amide bonds. The average molecular weight is 449 g/mol. The minimum Gasteiger partial charge on any atom is -0.495 e. The zero-order chi connectivity index (χ0) is 21.9. The van der Waals surface area contributed by atoms with E-state index in [4.69, 9.17) is 16.3 Å². The molecule has 0 atom stereocenters. The van der Waals surface area contributed by atoms with E-state index in [2.05, 4.69) is 10.0 Å².